The third kappa shape index (κ3) is 3.01. The van der Waals surface area contributed by atoms with Crippen molar-refractivity contribution in [1.29, 1.82) is 0 Å². The van der Waals surface area contributed by atoms with Gasteiger partial charge in [0.1, 0.15) is 0 Å². The summed E-state index contributed by atoms with van der Waals surface area (Å²) < 4.78 is 33.5. The van der Waals surface area contributed by atoms with E-state index in [2.05, 4.69) is 15.1 Å². The van der Waals surface area contributed by atoms with Gasteiger partial charge in [0, 0.05) is 39.1 Å². The Morgan fingerprint density at radius 3 is 2.46 bits per heavy atom. The van der Waals surface area contributed by atoms with Crippen LogP contribution in [-0.4, -0.2) is 79.7 Å². The van der Waals surface area contributed by atoms with Crippen molar-refractivity contribution in [3.63, 3.8) is 0 Å². The molecule has 9 heteroatoms. The molecule has 1 saturated carbocycles. The van der Waals surface area contributed by atoms with Crippen LogP contribution in [0.25, 0.3) is 0 Å². The monoisotopic (exact) mass is 353 g/mol. The van der Waals surface area contributed by atoms with Crippen molar-refractivity contribution in [2.75, 3.05) is 51.3 Å². The molecule has 132 valence electrons. The molecule has 2 saturated heterocycles. The van der Waals surface area contributed by atoms with Gasteiger partial charge in [0.15, 0.2) is 5.82 Å². The summed E-state index contributed by atoms with van der Waals surface area (Å²) in [5.41, 5.74) is 1.07. The van der Waals surface area contributed by atoms with Crippen LogP contribution < -0.4 is 4.90 Å². The lowest BCUT2D eigenvalue weighted by molar-refractivity contribution is 0.0695. The molecular formula is C15H23N5O3S. The Hall–Kier alpha value is -1.29. The minimum Gasteiger partial charge on any atom is -0.379 e. The Balaban J connectivity index is 1.35. The van der Waals surface area contributed by atoms with Gasteiger partial charge >= 0.3 is 0 Å². The number of rotatable bonds is 5. The molecule has 1 aromatic rings. The van der Waals surface area contributed by atoms with Crippen molar-refractivity contribution in [3.8, 4) is 0 Å². The van der Waals surface area contributed by atoms with Gasteiger partial charge < -0.3 is 9.64 Å². The number of ether oxygens (including phenoxy) is 1. The van der Waals surface area contributed by atoms with Crippen LogP contribution in [0.2, 0.25) is 0 Å². The third-order valence-corrected chi connectivity index (χ3v) is 7.07. The molecule has 0 spiro atoms. The SMILES string of the molecule is CN(C1CN(c2ccc(C3CC3)nn2)C1)S(=O)(=O)N1CCOCC1. The summed E-state index contributed by atoms with van der Waals surface area (Å²) >= 11 is 0. The first-order chi connectivity index (χ1) is 11.6. The highest BCUT2D eigenvalue weighted by atomic mass is 32.2. The molecule has 1 aromatic heterocycles. The first kappa shape index (κ1) is 16.2. The van der Waals surface area contributed by atoms with Crippen LogP contribution in [0.15, 0.2) is 12.1 Å². The molecule has 0 atom stereocenters. The van der Waals surface area contributed by atoms with Gasteiger partial charge in [0.2, 0.25) is 0 Å². The van der Waals surface area contributed by atoms with Gasteiger partial charge in [-0.3, -0.25) is 0 Å². The summed E-state index contributed by atoms with van der Waals surface area (Å²) in [7, 11) is -1.75. The van der Waals surface area contributed by atoms with Crippen LogP contribution in [0.5, 0.6) is 0 Å². The summed E-state index contributed by atoms with van der Waals surface area (Å²) in [6.07, 6.45) is 2.42. The first-order valence-electron chi connectivity index (χ1n) is 8.45. The summed E-state index contributed by atoms with van der Waals surface area (Å²) in [5, 5.41) is 8.58. The van der Waals surface area contributed by atoms with Crippen molar-refractivity contribution >= 4 is 16.0 Å². The van der Waals surface area contributed by atoms with E-state index in [0.29, 0.717) is 45.3 Å². The van der Waals surface area contributed by atoms with Crippen LogP contribution in [0, 0.1) is 0 Å². The fraction of sp³-hybridized carbons (Fsp3) is 0.733. The van der Waals surface area contributed by atoms with Crippen molar-refractivity contribution in [3.05, 3.63) is 17.8 Å². The smallest absolute Gasteiger partial charge is 0.282 e. The number of aromatic nitrogens is 2. The largest absolute Gasteiger partial charge is 0.379 e. The predicted molar refractivity (Wildman–Crippen MR) is 89.1 cm³/mol. The van der Waals surface area contributed by atoms with Crippen LogP contribution >= 0.6 is 0 Å². The molecule has 0 radical (unpaired) electrons. The van der Waals surface area contributed by atoms with Gasteiger partial charge in [-0.1, -0.05) is 0 Å². The Morgan fingerprint density at radius 1 is 1.17 bits per heavy atom. The maximum atomic E-state index is 12.6. The summed E-state index contributed by atoms with van der Waals surface area (Å²) in [4.78, 5) is 2.07. The summed E-state index contributed by atoms with van der Waals surface area (Å²) in [5.74, 6) is 1.42. The standard InChI is InChI=1S/C15H23N5O3S/c1-18(24(21,22)20-6-8-23-9-7-20)13-10-19(11-13)15-5-4-14(16-17-15)12-2-3-12/h4-5,12-13H,2-3,6-11H2,1H3. The van der Waals surface area contributed by atoms with Gasteiger partial charge in [0.05, 0.1) is 24.9 Å². The summed E-state index contributed by atoms with van der Waals surface area (Å²) in [6, 6.07) is 4.01. The number of hydrogen-bond acceptors (Lipinski definition) is 6. The second kappa shape index (κ2) is 6.21. The van der Waals surface area contributed by atoms with Gasteiger partial charge in [-0.15, -0.1) is 5.10 Å². The number of morpholine rings is 1. The molecule has 4 rings (SSSR count). The molecule has 1 aliphatic carbocycles. The molecule has 0 bridgehead atoms. The molecule has 0 aromatic carbocycles. The fourth-order valence-electron chi connectivity index (χ4n) is 3.12. The molecular weight excluding hydrogens is 330 g/mol. The highest BCUT2D eigenvalue weighted by Gasteiger charge is 2.39. The lowest BCUT2D eigenvalue weighted by atomic mass is 10.1. The molecule has 3 fully saturated rings. The molecule has 3 aliphatic rings. The quantitative estimate of drug-likeness (QED) is 0.744. The van der Waals surface area contributed by atoms with E-state index in [1.54, 1.807) is 7.05 Å². The average Bonchev–Trinajstić information content (AvgIpc) is 3.40. The molecule has 0 N–H and O–H groups in total. The van der Waals surface area contributed by atoms with Crippen molar-refractivity contribution in [2.45, 2.75) is 24.8 Å². The van der Waals surface area contributed by atoms with Crippen LogP contribution in [0.3, 0.4) is 0 Å². The van der Waals surface area contributed by atoms with E-state index in [9.17, 15) is 8.42 Å². The zero-order valence-electron chi connectivity index (χ0n) is 13.8. The molecule has 0 amide bonds. The van der Waals surface area contributed by atoms with Gasteiger partial charge in [-0.2, -0.15) is 22.1 Å². The van der Waals surface area contributed by atoms with Gasteiger partial charge in [0.25, 0.3) is 10.2 Å². The Labute approximate surface area is 142 Å². The van der Waals surface area contributed by atoms with E-state index in [4.69, 9.17) is 4.74 Å². The zero-order valence-corrected chi connectivity index (χ0v) is 14.7. The second-order valence-electron chi connectivity index (χ2n) is 6.68. The van der Waals surface area contributed by atoms with E-state index in [-0.39, 0.29) is 6.04 Å². The van der Waals surface area contributed by atoms with Crippen LogP contribution in [-0.2, 0) is 14.9 Å². The minimum atomic E-state index is -3.41. The number of anilines is 1. The first-order valence-corrected chi connectivity index (χ1v) is 9.85. The molecule has 24 heavy (non-hydrogen) atoms. The number of likely N-dealkylation sites (N-methyl/N-ethyl adjacent to an activating group) is 1. The highest BCUT2D eigenvalue weighted by Crippen LogP contribution is 2.38. The second-order valence-corrected chi connectivity index (χ2v) is 8.67. The third-order valence-electron chi connectivity index (χ3n) is 5.03. The van der Waals surface area contributed by atoms with E-state index in [0.717, 1.165) is 11.5 Å². The lowest BCUT2D eigenvalue weighted by Gasteiger charge is -2.45. The predicted octanol–water partition coefficient (Wildman–Crippen LogP) is 0.0514. The molecule has 8 nitrogen and oxygen atoms in total. The Morgan fingerprint density at radius 2 is 1.88 bits per heavy atom. The minimum absolute atomic E-state index is 0.0252. The van der Waals surface area contributed by atoms with Crippen LogP contribution in [0.1, 0.15) is 24.5 Å². The lowest BCUT2D eigenvalue weighted by Crippen LogP contribution is -2.62. The van der Waals surface area contributed by atoms with Crippen molar-refractivity contribution in [1.82, 2.24) is 18.8 Å². The van der Waals surface area contributed by atoms with E-state index in [1.807, 2.05) is 12.1 Å². The Kier molecular flexibility index (Phi) is 4.19. The van der Waals surface area contributed by atoms with E-state index in [1.165, 1.54) is 21.5 Å². The number of hydrogen-bond donors (Lipinski definition) is 0. The normalized spacial score (nSPS) is 23.5. The van der Waals surface area contributed by atoms with Crippen LogP contribution in [0.4, 0.5) is 5.82 Å². The van der Waals surface area contributed by atoms with Gasteiger partial charge in [-0.25, -0.2) is 0 Å². The average molecular weight is 353 g/mol. The van der Waals surface area contributed by atoms with E-state index >= 15 is 0 Å². The molecule has 2 aliphatic heterocycles. The topological polar surface area (TPSA) is 78.9 Å². The van der Waals surface area contributed by atoms with E-state index < -0.39 is 10.2 Å². The van der Waals surface area contributed by atoms with Crippen molar-refractivity contribution in [2.24, 2.45) is 0 Å². The molecule has 3 heterocycles. The Bertz CT molecular complexity index is 680. The number of nitrogens with zero attached hydrogens (tertiary/aromatic N) is 5. The fourth-order valence-corrected chi connectivity index (χ4v) is 4.61. The highest BCUT2D eigenvalue weighted by molar-refractivity contribution is 7.86. The maximum Gasteiger partial charge on any atom is 0.282 e. The van der Waals surface area contributed by atoms with Gasteiger partial charge in [-0.05, 0) is 25.0 Å². The summed E-state index contributed by atoms with van der Waals surface area (Å²) in [6.45, 7) is 3.09. The maximum absolute atomic E-state index is 12.6. The molecule has 0 unspecified atom stereocenters. The zero-order chi connectivity index (χ0) is 16.7. The van der Waals surface area contributed by atoms with Crippen molar-refractivity contribution < 1.29 is 13.2 Å².